The quantitative estimate of drug-likeness (QED) is 0.485. The molecule has 0 N–H and O–H groups in total. The molecule has 0 saturated carbocycles. The highest BCUT2D eigenvalue weighted by atomic mass is 79.9. The second-order valence-electron chi connectivity index (χ2n) is 5.57. The van der Waals surface area contributed by atoms with Crippen molar-refractivity contribution in [3.05, 3.63) is 71.2 Å². The third-order valence-electron chi connectivity index (χ3n) is 4.05. The van der Waals surface area contributed by atoms with Gasteiger partial charge in [-0.3, -0.25) is 9.59 Å². The van der Waals surface area contributed by atoms with Crippen LogP contribution < -0.4 is 9.80 Å². The molecule has 25 heavy (non-hydrogen) atoms. The number of urea groups is 1. The molecule has 1 fully saturated rings. The number of carbonyl (C=O) groups is 3. The summed E-state index contributed by atoms with van der Waals surface area (Å²) in [7, 11) is 0. The molecular formula is C19H11BrN2O3. The molecule has 0 bridgehead atoms. The Balaban J connectivity index is 1.77. The lowest BCUT2D eigenvalue weighted by molar-refractivity contribution is -0.133. The average molecular weight is 395 g/mol. The van der Waals surface area contributed by atoms with Crippen LogP contribution in [0.3, 0.4) is 0 Å². The Morgan fingerprint density at radius 2 is 1.20 bits per heavy atom. The largest absolute Gasteiger partial charge is 0.343 e. The van der Waals surface area contributed by atoms with E-state index in [-0.39, 0.29) is 0 Å². The van der Waals surface area contributed by atoms with E-state index in [9.17, 15) is 14.4 Å². The van der Waals surface area contributed by atoms with Gasteiger partial charge in [0.15, 0.2) is 0 Å². The van der Waals surface area contributed by atoms with E-state index in [1.165, 1.54) is 0 Å². The van der Waals surface area contributed by atoms with Gasteiger partial charge in [-0.1, -0.05) is 46.3 Å². The lowest BCUT2D eigenvalue weighted by atomic mass is 10.1. The number of nitrogens with zero attached hydrogens (tertiary/aromatic N) is 2. The Hall–Kier alpha value is -2.99. The molecule has 0 radical (unpaired) electrons. The highest BCUT2D eigenvalue weighted by Gasteiger charge is 2.46. The van der Waals surface area contributed by atoms with Gasteiger partial charge in [0.1, 0.15) is 0 Å². The Kier molecular flexibility index (Phi) is 3.62. The van der Waals surface area contributed by atoms with Crippen molar-refractivity contribution in [2.45, 2.75) is 0 Å². The van der Waals surface area contributed by atoms with Gasteiger partial charge in [0, 0.05) is 4.47 Å². The fourth-order valence-corrected chi connectivity index (χ4v) is 3.09. The van der Waals surface area contributed by atoms with E-state index >= 15 is 0 Å². The average Bonchev–Trinajstić information content (AvgIpc) is 2.85. The van der Waals surface area contributed by atoms with E-state index in [0.717, 1.165) is 25.0 Å². The van der Waals surface area contributed by atoms with Gasteiger partial charge >= 0.3 is 17.8 Å². The van der Waals surface area contributed by atoms with E-state index in [2.05, 4.69) is 15.9 Å². The minimum atomic E-state index is -0.861. The van der Waals surface area contributed by atoms with Crippen LogP contribution in [0.25, 0.3) is 10.8 Å². The molecule has 0 aromatic heterocycles. The fraction of sp³-hybridized carbons (Fsp3) is 0. The second kappa shape index (κ2) is 5.82. The lowest BCUT2D eigenvalue weighted by Gasteiger charge is -2.16. The number of rotatable bonds is 2. The maximum Gasteiger partial charge on any atom is 0.343 e. The summed E-state index contributed by atoms with van der Waals surface area (Å²) < 4.78 is 0.813. The molecule has 0 spiro atoms. The van der Waals surface area contributed by atoms with Crippen molar-refractivity contribution in [2.75, 3.05) is 9.80 Å². The van der Waals surface area contributed by atoms with Gasteiger partial charge in [-0.25, -0.2) is 14.6 Å². The summed E-state index contributed by atoms with van der Waals surface area (Å²) in [6, 6.07) is 18.8. The minimum absolute atomic E-state index is 0.356. The number of hydrogen-bond acceptors (Lipinski definition) is 3. The Morgan fingerprint density at radius 3 is 1.88 bits per heavy atom. The zero-order chi connectivity index (χ0) is 17.6. The molecule has 122 valence electrons. The summed E-state index contributed by atoms with van der Waals surface area (Å²) in [5.41, 5.74) is 0.733. The zero-order valence-corrected chi connectivity index (χ0v) is 14.4. The van der Waals surface area contributed by atoms with Gasteiger partial charge < -0.3 is 0 Å². The molecule has 1 aliphatic rings. The molecule has 1 aliphatic heterocycles. The molecule has 0 unspecified atom stereocenters. The summed E-state index contributed by atoms with van der Waals surface area (Å²) >= 11 is 3.30. The van der Waals surface area contributed by atoms with Crippen molar-refractivity contribution in [1.29, 1.82) is 0 Å². The monoisotopic (exact) mass is 394 g/mol. The first-order valence-corrected chi connectivity index (χ1v) is 8.32. The van der Waals surface area contributed by atoms with Gasteiger partial charge in [0.05, 0.1) is 11.4 Å². The summed E-state index contributed by atoms with van der Waals surface area (Å²) in [6.45, 7) is 0. The number of amides is 4. The molecule has 0 aliphatic carbocycles. The first kappa shape index (κ1) is 15.5. The molecule has 3 aromatic carbocycles. The van der Waals surface area contributed by atoms with E-state index in [0.29, 0.717) is 11.4 Å². The SMILES string of the molecule is O=C1C(=O)N(c2ccc3ccccc3c2)C(=O)N1c1ccc(Br)cc1. The van der Waals surface area contributed by atoms with Crippen molar-refractivity contribution >= 4 is 55.9 Å². The number of imide groups is 2. The second-order valence-corrected chi connectivity index (χ2v) is 6.49. The van der Waals surface area contributed by atoms with E-state index in [4.69, 9.17) is 0 Å². The predicted molar refractivity (Wildman–Crippen MR) is 98.5 cm³/mol. The highest BCUT2D eigenvalue weighted by Crippen LogP contribution is 2.29. The summed E-state index contributed by atoms with van der Waals surface area (Å²) in [4.78, 5) is 39.3. The summed E-state index contributed by atoms with van der Waals surface area (Å²) in [6.07, 6.45) is 0. The molecule has 6 heteroatoms. The third kappa shape index (κ3) is 2.51. The van der Waals surface area contributed by atoms with Crippen LogP contribution in [0.4, 0.5) is 16.2 Å². The Bertz CT molecular complexity index is 1030. The van der Waals surface area contributed by atoms with Crippen LogP contribution in [-0.4, -0.2) is 17.8 Å². The third-order valence-corrected chi connectivity index (χ3v) is 4.58. The minimum Gasteiger partial charge on any atom is -0.262 e. The van der Waals surface area contributed by atoms with Crippen LogP contribution in [0, 0.1) is 0 Å². The van der Waals surface area contributed by atoms with Crippen LogP contribution in [0.15, 0.2) is 71.2 Å². The fourth-order valence-electron chi connectivity index (χ4n) is 2.83. The number of carbonyl (C=O) groups excluding carboxylic acids is 3. The molecule has 1 heterocycles. The van der Waals surface area contributed by atoms with Crippen molar-refractivity contribution in [2.24, 2.45) is 0 Å². The number of anilines is 2. The summed E-state index contributed by atoms with van der Waals surface area (Å²) in [5.74, 6) is -1.72. The molecule has 0 atom stereocenters. The topological polar surface area (TPSA) is 57.7 Å². The van der Waals surface area contributed by atoms with Crippen LogP contribution >= 0.6 is 15.9 Å². The van der Waals surface area contributed by atoms with E-state index in [1.807, 2.05) is 30.3 Å². The molecule has 5 nitrogen and oxygen atoms in total. The molecule has 1 saturated heterocycles. The van der Waals surface area contributed by atoms with Gasteiger partial charge in [0.2, 0.25) is 0 Å². The first-order valence-electron chi connectivity index (χ1n) is 7.53. The Morgan fingerprint density at radius 1 is 0.640 bits per heavy atom. The van der Waals surface area contributed by atoms with Crippen LogP contribution in [0.1, 0.15) is 0 Å². The number of benzene rings is 3. The van der Waals surface area contributed by atoms with Gasteiger partial charge in [-0.15, -0.1) is 0 Å². The number of fused-ring (bicyclic) bond motifs is 1. The van der Waals surface area contributed by atoms with Gasteiger partial charge in [0.25, 0.3) is 0 Å². The standard InChI is InChI=1S/C19H11BrN2O3/c20-14-6-9-15(10-7-14)21-17(23)18(24)22(19(21)25)16-8-5-12-3-1-2-4-13(12)11-16/h1-11H. The molecular weight excluding hydrogens is 384 g/mol. The summed E-state index contributed by atoms with van der Waals surface area (Å²) in [5, 5.41) is 1.87. The molecule has 3 aromatic rings. The number of halogens is 1. The van der Waals surface area contributed by atoms with Crippen molar-refractivity contribution in [3.8, 4) is 0 Å². The number of hydrogen-bond donors (Lipinski definition) is 0. The van der Waals surface area contributed by atoms with Crippen LogP contribution in [-0.2, 0) is 9.59 Å². The van der Waals surface area contributed by atoms with Crippen molar-refractivity contribution in [3.63, 3.8) is 0 Å². The normalized spacial score (nSPS) is 14.7. The molecule has 4 amide bonds. The van der Waals surface area contributed by atoms with Crippen LogP contribution in [0.5, 0.6) is 0 Å². The Labute approximate surface area is 151 Å². The highest BCUT2D eigenvalue weighted by molar-refractivity contribution is 9.10. The van der Waals surface area contributed by atoms with Crippen LogP contribution in [0.2, 0.25) is 0 Å². The maximum atomic E-state index is 12.7. The molecule has 4 rings (SSSR count). The van der Waals surface area contributed by atoms with Gasteiger partial charge in [-0.2, -0.15) is 0 Å². The van der Waals surface area contributed by atoms with E-state index in [1.54, 1.807) is 36.4 Å². The predicted octanol–water partition coefficient (Wildman–Crippen LogP) is 4.10. The lowest BCUT2D eigenvalue weighted by Crippen LogP contribution is -2.33. The zero-order valence-electron chi connectivity index (χ0n) is 12.8. The van der Waals surface area contributed by atoms with E-state index < -0.39 is 17.8 Å². The maximum absolute atomic E-state index is 12.7. The first-order chi connectivity index (χ1) is 12.1. The van der Waals surface area contributed by atoms with Gasteiger partial charge in [-0.05, 0) is 47.2 Å². The van der Waals surface area contributed by atoms with Crippen molar-refractivity contribution < 1.29 is 14.4 Å². The smallest absolute Gasteiger partial charge is 0.262 e. The van der Waals surface area contributed by atoms with Crippen molar-refractivity contribution in [1.82, 2.24) is 0 Å².